The third-order valence-corrected chi connectivity index (χ3v) is 4.82. The molecule has 0 unspecified atom stereocenters. The number of carbonyl (C=O) groups is 1. The summed E-state index contributed by atoms with van der Waals surface area (Å²) in [5.41, 5.74) is 1.40. The first-order valence-electron chi connectivity index (χ1n) is 6.73. The molecule has 0 atom stereocenters. The predicted molar refractivity (Wildman–Crippen MR) is 72.3 cm³/mol. The maximum Gasteiger partial charge on any atom is 0.261 e. The quantitative estimate of drug-likeness (QED) is 0.912. The Balaban J connectivity index is 1.65. The van der Waals surface area contributed by atoms with Gasteiger partial charge in [0.1, 0.15) is 0 Å². The Morgan fingerprint density at radius 3 is 2.72 bits per heavy atom. The molecule has 1 saturated carbocycles. The third-order valence-electron chi connectivity index (χ3n) is 3.75. The normalized spacial score (nSPS) is 20.9. The molecule has 98 valence electrons. The zero-order valence-electron chi connectivity index (χ0n) is 10.7. The van der Waals surface area contributed by atoms with Gasteiger partial charge in [0.15, 0.2) is 0 Å². The lowest BCUT2D eigenvalue weighted by molar-refractivity contribution is 0.0698. The number of nitrogens with one attached hydrogen (secondary N) is 1. The average Bonchev–Trinajstić information content (AvgIpc) is 3.14. The lowest BCUT2D eigenvalue weighted by Gasteiger charge is -2.22. The molecule has 1 aliphatic carbocycles. The topological polar surface area (TPSA) is 38.3 Å². The number of carbonyl (C=O) groups excluding carboxylic acids is 1. The molecule has 3 rings (SSSR count). The van der Waals surface area contributed by atoms with Gasteiger partial charge in [-0.15, -0.1) is 11.3 Å². The molecule has 1 aliphatic heterocycles. The minimum atomic E-state index is 0.0990. The number of rotatable bonds is 3. The summed E-state index contributed by atoms with van der Waals surface area (Å²) in [4.78, 5) is 14.4. The Bertz CT molecular complexity index is 445. The maximum atomic E-state index is 12.2. The van der Waals surface area contributed by atoms with E-state index >= 15 is 0 Å². The molecule has 1 aromatic rings. The highest BCUT2D eigenvalue weighted by molar-refractivity contribution is 7.14. The Labute approximate surface area is 112 Å². The first-order chi connectivity index (χ1) is 8.74. The van der Waals surface area contributed by atoms with Crippen molar-refractivity contribution in [1.82, 2.24) is 5.32 Å². The molecule has 1 N–H and O–H groups in total. The van der Waals surface area contributed by atoms with Gasteiger partial charge in [-0.05, 0) is 50.2 Å². The maximum absolute atomic E-state index is 12.2. The fourth-order valence-corrected chi connectivity index (χ4v) is 3.52. The van der Waals surface area contributed by atoms with Crippen LogP contribution in [0.5, 0.6) is 0 Å². The van der Waals surface area contributed by atoms with Crippen LogP contribution >= 0.6 is 11.3 Å². The summed E-state index contributed by atoms with van der Waals surface area (Å²) in [6, 6.07) is 2.39. The van der Waals surface area contributed by atoms with E-state index < -0.39 is 0 Å². The molecule has 0 spiro atoms. The van der Waals surface area contributed by atoms with Crippen LogP contribution in [0.2, 0.25) is 0 Å². The first-order valence-corrected chi connectivity index (χ1v) is 7.54. The number of hydrogen-bond acceptors (Lipinski definition) is 3. The molecular weight excluding hydrogens is 246 g/mol. The van der Waals surface area contributed by atoms with Gasteiger partial charge in [0, 0.05) is 24.1 Å². The molecule has 2 aliphatic rings. The van der Waals surface area contributed by atoms with E-state index in [9.17, 15) is 4.79 Å². The molecule has 3 nitrogen and oxygen atoms in total. The highest BCUT2D eigenvalue weighted by atomic mass is 32.1. The van der Waals surface area contributed by atoms with Crippen molar-refractivity contribution in [3.63, 3.8) is 0 Å². The van der Waals surface area contributed by atoms with Gasteiger partial charge in [-0.1, -0.05) is 0 Å². The lowest BCUT2D eigenvalue weighted by atomic mass is 10.1. The summed E-state index contributed by atoms with van der Waals surface area (Å²) in [5.74, 6) is 0.827. The van der Waals surface area contributed by atoms with Crippen molar-refractivity contribution < 1.29 is 9.53 Å². The Hall–Kier alpha value is -0.870. The fraction of sp³-hybridized carbons (Fsp3) is 0.643. The number of amides is 1. The van der Waals surface area contributed by atoms with E-state index in [1.807, 2.05) is 0 Å². The number of ether oxygens (including phenoxy) is 1. The lowest BCUT2D eigenvalue weighted by Crippen LogP contribution is -2.38. The van der Waals surface area contributed by atoms with Crippen molar-refractivity contribution in [3.8, 4) is 0 Å². The van der Waals surface area contributed by atoms with Gasteiger partial charge in [0.05, 0.1) is 4.88 Å². The Morgan fingerprint density at radius 1 is 1.33 bits per heavy atom. The molecule has 1 amide bonds. The summed E-state index contributed by atoms with van der Waals surface area (Å²) in [6.45, 7) is 3.66. The molecule has 1 aromatic heterocycles. The molecule has 2 heterocycles. The van der Waals surface area contributed by atoms with Crippen LogP contribution in [-0.4, -0.2) is 25.2 Å². The van der Waals surface area contributed by atoms with Gasteiger partial charge in [-0.25, -0.2) is 0 Å². The van der Waals surface area contributed by atoms with E-state index in [4.69, 9.17) is 4.74 Å². The van der Waals surface area contributed by atoms with Gasteiger partial charge < -0.3 is 10.1 Å². The molecule has 0 aromatic carbocycles. The van der Waals surface area contributed by atoms with E-state index in [0.29, 0.717) is 0 Å². The standard InChI is InChI=1S/C14H19NO2S/c1-9-12(10-2-3-10)8-13(18-9)14(16)15-11-4-6-17-7-5-11/h8,10-11H,2-7H2,1H3,(H,15,16). The number of hydrogen-bond donors (Lipinski definition) is 1. The second kappa shape index (κ2) is 5.02. The second-order valence-electron chi connectivity index (χ2n) is 5.26. The Morgan fingerprint density at radius 2 is 2.06 bits per heavy atom. The molecule has 1 saturated heterocycles. The minimum Gasteiger partial charge on any atom is -0.381 e. The summed E-state index contributed by atoms with van der Waals surface area (Å²) < 4.78 is 5.30. The van der Waals surface area contributed by atoms with Crippen LogP contribution < -0.4 is 5.32 Å². The number of thiophene rings is 1. The third kappa shape index (κ3) is 2.59. The molecule has 0 radical (unpaired) electrons. The van der Waals surface area contributed by atoms with E-state index in [1.165, 1.54) is 23.3 Å². The molecular formula is C14H19NO2S. The van der Waals surface area contributed by atoms with Gasteiger partial charge in [0.2, 0.25) is 0 Å². The van der Waals surface area contributed by atoms with Crippen LogP contribution in [0.1, 0.15) is 51.7 Å². The molecule has 0 bridgehead atoms. The Kier molecular flexibility index (Phi) is 3.39. The van der Waals surface area contributed by atoms with E-state index in [0.717, 1.165) is 36.9 Å². The van der Waals surface area contributed by atoms with Crippen molar-refractivity contribution in [2.24, 2.45) is 0 Å². The highest BCUT2D eigenvalue weighted by Gasteiger charge is 2.28. The highest BCUT2D eigenvalue weighted by Crippen LogP contribution is 2.44. The largest absolute Gasteiger partial charge is 0.381 e. The van der Waals surface area contributed by atoms with Crippen LogP contribution in [-0.2, 0) is 4.74 Å². The van der Waals surface area contributed by atoms with Gasteiger partial charge >= 0.3 is 0 Å². The molecule has 4 heteroatoms. The van der Waals surface area contributed by atoms with Crippen molar-refractivity contribution in [2.75, 3.05) is 13.2 Å². The zero-order chi connectivity index (χ0) is 12.5. The molecule has 18 heavy (non-hydrogen) atoms. The number of aryl methyl sites for hydroxylation is 1. The summed E-state index contributed by atoms with van der Waals surface area (Å²) in [7, 11) is 0. The van der Waals surface area contributed by atoms with E-state index in [1.54, 1.807) is 11.3 Å². The SMILES string of the molecule is Cc1sc(C(=O)NC2CCOCC2)cc1C1CC1. The van der Waals surface area contributed by atoms with E-state index in [-0.39, 0.29) is 11.9 Å². The van der Waals surface area contributed by atoms with Crippen LogP contribution in [0, 0.1) is 6.92 Å². The average molecular weight is 265 g/mol. The predicted octanol–water partition coefficient (Wildman–Crippen LogP) is 2.84. The van der Waals surface area contributed by atoms with Crippen LogP contribution in [0.4, 0.5) is 0 Å². The van der Waals surface area contributed by atoms with Crippen molar-refractivity contribution in [2.45, 2.75) is 44.6 Å². The monoisotopic (exact) mass is 265 g/mol. The fourth-order valence-electron chi connectivity index (χ4n) is 2.51. The van der Waals surface area contributed by atoms with Crippen LogP contribution in [0.3, 0.4) is 0 Å². The first kappa shape index (κ1) is 12.2. The van der Waals surface area contributed by atoms with Gasteiger partial charge in [-0.2, -0.15) is 0 Å². The van der Waals surface area contributed by atoms with Crippen LogP contribution in [0.15, 0.2) is 6.07 Å². The second-order valence-corrected chi connectivity index (χ2v) is 6.51. The minimum absolute atomic E-state index is 0.0990. The zero-order valence-corrected chi connectivity index (χ0v) is 11.5. The van der Waals surface area contributed by atoms with Gasteiger partial charge in [0.25, 0.3) is 5.91 Å². The van der Waals surface area contributed by atoms with Gasteiger partial charge in [-0.3, -0.25) is 4.79 Å². The van der Waals surface area contributed by atoms with Crippen molar-refractivity contribution in [3.05, 3.63) is 21.4 Å². The molecule has 2 fully saturated rings. The van der Waals surface area contributed by atoms with E-state index in [2.05, 4.69) is 18.3 Å². The van der Waals surface area contributed by atoms with Crippen molar-refractivity contribution >= 4 is 17.2 Å². The van der Waals surface area contributed by atoms with Crippen molar-refractivity contribution in [1.29, 1.82) is 0 Å². The van der Waals surface area contributed by atoms with Crippen LogP contribution in [0.25, 0.3) is 0 Å². The summed E-state index contributed by atoms with van der Waals surface area (Å²) >= 11 is 1.64. The summed E-state index contributed by atoms with van der Waals surface area (Å²) in [5, 5.41) is 3.13. The smallest absolute Gasteiger partial charge is 0.261 e. The summed E-state index contributed by atoms with van der Waals surface area (Å²) in [6.07, 6.45) is 4.45.